The van der Waals surface area contributed by atoms with Crippen LogP contribution in [0.3, 0.4) is 0 Å². The average Bonchev–Trinajstić information content (AvgIpc) is 2.51. The van der Waals surface area contributed by atoms with Gasteiger partial charge in [-0.1, -0.05) is 18.1 Å². The molecule has 100 valence electrons. The summed E-state index contributed by atoms with van der Waals surface area (Å²) in [7, 11) is 0. The minimum atomic E-state index is -4.24. The summed E-state index contributed by atoms with van der Waals surface area (Å²) in [4.78, 5) is 0. The number of hydrogen-bond acceptors (Lipinski definition) is 2. The van der Waals surface area contributed by atoms with Crippen molar-refractivity contribution in [3.05, 3.63) is 11.6 Å². The number of ether oxygens (including phenoxy) is 1. The zero-order valence-corrected chi connectivity index (χ0v) is 9.93. The van der Waals surface area contributed by atoms with Crippen molar-refractivity contribution < 1.29 is 17.9 Å². The first-order valence-corrected chi connectivity index (χ1v) is 6.08. The summed E-state index contributed by atoms with van der Waals surface area (Å²) in [5.74, 6) is 0. The van der Waals surface area contributed by atoms with Crippen molar-refractivity contribution >= 4 is 0 Å². The number of nitrogens with two attached hydrogens (primary N) is 1. The molecule has 0 heterocycles. The van der Waals surface area contributed by atoms with Crippen molar-refractivity contribution in [3.63, 3.8) is 0 Å². The fourth-order valence-electron chi connectivity index (χ4n) is 1.96. The van der Waals surface area contributed by atoms with Crippen molar-refractivity contribution in [2.45, 2.75) is 50.7 Å². The zero-order valence-electron chi connectivity index (χ0n) is 9.93. The molecule has 1 aliphatic rings. The van der Waals surface area contributed by atoms with Gasteiger partial charge >= 0.3 is 6.18 Å². The van der Waals surface area contributed by atoms with E-state index in [4.69, 9.17) is 5.73 Å². The predicted molar refractivity (Wildman–Crippen MR) is 60.6 cm³/mol. The Hall–Kier alpha value is -0.550. The topological polar surface area (TPSA) is 35.2 Å². The van der Waals surface area contributed by atoms with Crippen molar-refractivity contribution in [2.75, 3.05) is 13.2 Å². The Morgan fingerprint density at radius 1 is 1.29 bits per heavy atom. The highest BCUT2D eigenvalue weighted by atomic mass is 19.4. The fourth-order valence-corrected chi connectivity index (χ4v) is 1.96. The van der Waals surface area contributed by atoms with Crippen LogP contribution < -0.4 is 5.73 Å². The molecule has 0 saturated carbocycles. The number of rotatable bonds is 5. The third-order valence-electron chi connectivity index (χ3n) is 2.89. The summed E-state index contributed by atoms with van der Waals surface area (Å²) in [6.07, 6.45) is 3.88. The molecule has 1 rings (SSSR count). The number of hydrogen-bond donors (Lipinski definition) is 1. The van der Waals surface area contributed by atoms with Crippen LogP contribution in [-0.4, -0.2) is 25.4 Å². The molecule has 0 aromatic heterocycles. The zero-order chi connectivity index (χ0) is 12.7. The van der Waals surface area contributed by atoms with Gasteiger partial charge in [0.15, 0.2) is 0 Å². The molecule has 1 atom stereocenters. The Morgan fingerprint density at radius 2 is 2.06 bits per heavy atom. The van der Waals surface area contributed by atoms with Crippen LogP contribution in [-0.2, 0) is 4.74 Å². The van der Waals surface area contributed by atoms with Gasteiger partial charge < -0.3 is 10.5 Å². The van der Waals surface area contributed by atoms with Crippen molar-refractivity contribution in [3.8, 4) is 0 Å². The van der Waals surface area contributed by atoms with E-state index in [0.717, 1.165) is 19.3 Å². The Bertz CT molecular complexity index is 251. The highest BCUT2D eigenvalue weighted by Gasteiger charge is 2.27. The minimum Gasteiger partial charge on any atom is -0.372 e. The van der Waals surface area contributed by atoms with Gasteiger partial charge in [-0.3, -0.25) is 0 Å². The molecule has 0 aromatic rings. The van der Waals surface area contributed by atoms with Crippen molar-refractivity contribution in [1.29, 1.82) is 0 Å². The predicted octanol–water partition coefficient (Wildman–Crippen LogP) is 3.17. The maximum Gasteiger partial charge on any atom is 0.411 e. The monoisotopic (exact) mass is 251 g/mol. The molecular formula is C12H20F3NO. The Labute approximate surface area is 100 Å². The second-order valence-corrected chi connectivity index (χ2v) is 4.44. The lowest BCUT2D eigenvalue weighted by Crippen LogP contribution is -2.26. The van der Waals surface area contributed by atoms with Gasteiger partial charge in [-0.15, -0.1) is 0 Å². The minimum absolute atomic E-state index is 0.0675. The molecule has 2 N–H and O–H groups in total. The maximum absolute atomic E-state index is 11.8. The summed E-state index contributed by atoms with van der Waals surface area (Å²) in [5, 5.41) is 0. The molecule has 0 saturated heterocycles. The standard InChI is InChI=1S/C12H20F3NO/c13-12(14,15)9-17-8-7-11(16)10-5-3-1-2-4-6-10/h5,11H,1-4,6-9,16H2. The van der Waals surface area contributed by atoms with Crippen molar-refractivity contribution in [1.82, 2.24) is 0 Å². The highest BCUT2D eigenvalue weighted by molar-refractivity contribution is 5.11. The third kappa shape index (κ3) is 6.68. The SMILES string of the molecule is NC(CCOCC(F)(F)F)C1=CCCCCC1. The van der Waals surface area contributed by atoms with Crippen LogP contribution in [0, 0.1) is 0 Å². The van der Waals surface area contributed by atoms with Crippen LogP contribution in [0.2, 0.25) is 0 Å². The number of halogens is 3. The lowest BCUT2D eigenvalue weighted by molar-refractivity contribution is -0.174. The largest absolute Gasteiger partial charge is 0.411 e. The second kappa shape index (κ2) is 7.01. The van der Waals surface area contributed by atoms with E-state index in [1.807, 2.05) is 0 Å². The lowest BCUT2D eigenvalue weighted by atomic mass is 10.0. The molecule has 0 radical (unpaired) electrons. The molecular weight excluding hydrogens is 231 g/mol. The molecule has 2 nitrogen and oxygen atoms in total. The van der Waals surface area contributed by atoms with E-state index >= 15 is 0 Å². The molecule has 1 aliphatic carbocycles. The first-order chi connectivity index (χ1) is 7.99. The van der Waals surface area contributed by atoms with Crippen LogP contribution in [0.1, 0.15) is 38.5 Å². The fraction of sp³-hybridized carbons (Fsp3) is 0.833. The Balaban J connectivity index is 2.20. The van der Waals surface area contributed by atoms with Crippen molar-refractivity contribution in [2.24, 2.45) is 5.73 Å². The van der Waals surface area contributed by atoms with Crippen LogP contribution in [0.15, 0.2) is 11.6 Å². The molecule has 1 unspecified atom stereocenters. The molecule has 0 aromatic carbocycles. The molecule has 0 spiro atoms. The first-order valence-electron chi connectivity index (χ1n) is 6.08. The van der Waals surface area contributed by atoms with E-state index in [1.54, 1.807) is 0 Å². The normalized spacial score (nSPS) is 19.6. The molecule has 17 heavy (non-hydrogen) atoms. The first kappa shape index (κ1) is 14.5. The summed E-state index contributed by atoms with van der Waals surface area (Å²) in [6.45, 7) is -1.11. The summed E-state index contributed by atoms with van der Waals surface area (Å²) >= 11 is 0. The van der Waals surface area contributed by atoms with Crippen LogP contribution in [0.4, 0.5) is 13.2 Å². The van der Waals surface area contributed by atoms with Crippen LogP contribution in [0.25, 0.3) is 0 Å². The summed E-state index contributed by atoms with van der Waals surface area (Å²) in [6, 6.07) is -0.152. The molecule has 0 aliphatic heterocycles. The molecule has 5 heteroatoms. The average molecular weight is 251 g/mol. The third-order valence-corrected chi connectivity index (χ3v) is 2.89. The Morgan fingerprint density at radius 3 is 2.76 bits per heavy atom. The van der Waals surface area contributed by atoms with Gasteiger partial charge in [-0.2, -0.15) is 13.2 Å². The number of alkyl halides is 3. The van der Waals surface area contributed by atoms with Gasteiger partial charge in [-0.25, -0.2) is 0 Å². The molecule has 0 fully saturated rings. The Kier molecular flexibility index (Phi) is 5.98. The van der Waals surface area contributed by atoms with Crippen LogP contribution in [0.5, 0.6) is 0 Å². The highest BCUT2D eigenvalue weighted by Crippen LogP contribution is 2.20. The lowest BCUT2D eigenvalue weighted by Gasteiger charge is -2.15. The van der Waals surface area contributed by atoms with Gasteiger partial charge in [-0.05, 0) is 32.1 Å². The van der Waals surface area contributed by atoms with E-state index < -0.39 is 12.8 Å². The smallest absolute Gasteiger partial charge is 0.372 e. The quantitative estimate of drug-likeness (QED) is 0.601. The number of allylic oxidation sites excluding steroid dienone is 1. The van der Waals surface area contributed by atoms with Gasteiger partial charge in [0.1, 0.15) is 6.61 Å². The molecule has 0 amide bonds. The van der Waals surface area contributed by atoms with Gasteiger partial charge in [0.25, 0.3) is 0 Å². The summed E-state index contributed by atoms with van der Waals surface area (Å²) < 4.78 is 40.0. The van der Waals surface area contributed by atoms with E-state index in [9.17, 15) is 13.2 Å². The van der Waals surface area contributed by atoms with E-state index in [0.29, 0.717) is 6.42 Å². The van der Waals surface area contributed by atoms with Crippen LogP contribution >= 0.6 is 0 Å². The van der Waals surface area contributed by atoms with Gasteiger partial charge in [0, 0.05) is 12.6 Å². The summed E-state index contributed by atoms with van der Waals surface area (Å²) in [5.41, 5.74) is 7.12. The van der Waals surface area contributed by atoms with Gasteiger partial charge in [0.2, 0.25) is 0 Å². The maximum atomic E-state index is 11.8. The molecule has 0 bridgehead atoms. The van der Waals surface area contributed by atoms with E-state index in [-0.39, 0.29) is 12.6 Å². The van der Waals surface area contributed by atoms with E-state index in [1.165, 1.54) is 18.4 Å². The van der Waals surface area contributed by atoms with Gasteiger partial charge in [0.05, 0.1) is 0 Å². The second-order valence-electron chi connectivity index (χ2n) is 4.44. The van der Waals surface area contributed by atoms with E-state index in [2.05, 4.69) is 10.8 Å².